The number of carbonyl (C=O) groups excluding carboxylic acids is 2. The molecule has 1 atom stereocenters. The monoisotopic (exact) mass is 391 g/mol. The van der Waals surface area contributed by atoms with Crippen LogP contribution in [-0.2, 0) is 20.7 Å². The summed E-state index contributed by atoms with van der Waals surface area (Å²) in [7, 11) is 1.26. The topological polar surface area (TPSA) is 64.6 Å². The zero-order valence-electron chi connectivity index (χ0n) is 12.9. The van der Waals surface area contributed by atoms with E-state index in [-0.39, 0.29) is 6.42 Å². The Kier molecular flexibility index (Phi) is 6.68. The molecule has 1 N–H and O–H groups in total. The van der Waals surface area contributed by atoms with Crippen LogP contribution < -0.4 is 5.32 Å². The SMILES string of the molecule is COC(=O)C(Cc1ccc(Br)cc1Cl)NC(=O)OC(C)(C)C. The van der Waals surface area contributed by atoms with E-state index in [1.807, 2.05) is 6.07 Å². The van der Waals surface area contributed by atoms with Gasteiger partial charge in [-0.05, 0) is 38.5 Å². The normalized spacial score (nSPS) is 12.5. The molecule has 1 aromatic rings. The number of methoxy groups -OCH3 is 1. The minimum atomic E-state index is -0.876. The van der Waals surface area contributed by atoms with E-state index in [9.17, 15) is 9.59 Å². The molecule has 1 unspecified atom stereocenters. The summed E-state index contributed by atoms with van der Waals surface area (Å²) >= 11 is 9.45. The van der Waals surface area contributed by atoms with E-state index in [0.29, 0.717) is 5.02 Å². The molecule has 0 saturated heterocycles. The molecule has 0 saturated carbocycles. The first-order valence-corrected chi connectivity index (χ1v) is 7.80. The molecule has 1 aromatic carbocycles. The Balaban J connectivity index is 2.85. The van der Waals surface area contributed by atoms with Crippen molar-refractivity contribution < 1.29 is 19.1 Å². The second kappa shape index (κ2) is 7.83. The molecule has 1 amide bonds. The van der Waals surface area contributed by atoms with Crippen molar-refractivity contribution in [3.63, 3.8) is 0 Å². The fraction of sp³-hybridized carbons (Fsp3) is 0.467. The molecule has 0 aliphatic rings. The third kappa shape index (κ3) is 6.23. The highest BCUT2D eigenvalue weighted by molar-refractivity contribution is 9.10. The van der Waals surface area contributed by atoms with Crippen molar-refractivity contribution in [3.05, 3.63) is 33.3 Å². The molecule has 0 aliphatic carbocycles. The Hall–Kier alpha value is -1.27. The van der Waals surface area contributed by atoms with Crippen LogP contribution in [0.2, 0.25) is 5.02 Å². The van der Waals surface area contributed by atoms with Gasteiger partial charge in [-0.2, -0.15) is 0 Å². The number of hydrogen-bond donors (Lipinski definition) is 1. The third-order valence-electron chi connectivity index (χ3n) is 2.62. The lowest BCUT2D eigenvalue weighted by Gasteiger charge is -2.22. The quantitative estimate of drug-likeness (QED) is 0.793. The van der Waals surface area contributed by atoms with Gasteiger partial charge in [0.15, 0.2) is 0 Å². The number of benzene rings is 1. The highest BCUT2D eigenvalue weighted by atomic mass is 79.9. The number of alkyl carbamates (subject to hydrolysis) is 1. The number of halogens is 2. The molecule has 0 heterocycles. The van der Waals surface area contributed by atoms with Gasteiger partial charge in [0.25, 0.3) is 0 Å². The summed E-state index contributed by atoms with van der Waals surface area (Å²) in [6.07, 6.45) is -0.478. The van der Waals surface area contributed by atoms with Crippen LogP contribution in [0.25, 0.3) is 0 Å². The lowest BCUT2D eigenvalue weighted by Crippen LogP contribution is -2.45. The van der Waals surface area contributed by atoms with Crippen molar-refractivity contribution in [2.45, 2.75) is 38.8 Å². The predicted molar refractivity (Wildman–Crippen MR) is 88.0 cm³/mol. The first-order chi connectivity index (χ1) is 10.1. The fourth-order valence-corrected chi connectivity index (χ4v) is 2.44. The van der Waals surface area contributed by atoms with Crippen LogP contribution in [0.1, 0.15) is 26.3 Å². The average Bonchev–Trinajstić information content (AvgIpc) is 2.37. The van der Waals surface area contributed by atoms with Crippen LogP contribution in [-0.4, -0.2) is 30.8 Å². The van der Waals surface area contributed by atoms with Crippen molar-refractivity contribution in [1.82, 2.24) is 5.32 Å². The molecule has 0 fully saturated rings. The standard InChI is InChI=1S/C15H19BrClNO4/c1-15(2,3)22-14(20)18-12(13(19)21-4)7-9-5-6-10(16)8-11(9)17/h5-6,8,12H,7H2,1-4H3,(H,18,20). The van der Waals surface area contributed by atoms with Gasteiger partial charge in [-0.1, -0.05) is 33.6 Å². The maximum absolute atomic E-state index is 11.9. The van der Waals surface area contributed by atoms with Gasteiger partial charge in [-0.3, -0.25) is 0 Å². The predicted octanol–water partition coefficient (Wildman–Crippen LogP) is 3.71. The van der Waals surface area contributed by atoms with E-state index in [1.54, 1.807) is 32.9 Å². The van der Waals surface area contributed by atoms with Gasteiger partial charge in [-0.15, -0.1) is 0 Å². The van der Waals surface area contributed by atoms with E-state index >= 15 is 0 Å². The van der Waals surface area contributed by atoms with Crippen LogP contribution >= 0.6 is 27.5 Å². The van der Waals surface area contributed by atoms with Gasteiger partial charge >= 0.3 is 12.1 Å². The summed E-state index contributed by atoms with van der Waals surface area (Å²) in [5.41, 5.74) is 0.0661. The maximum Gasteiger partial charge on any atom is 0.408 e. The molecule has 7 heteroatoms. The van der Waals surface area contributed by atoms with Gasteiger partial charge in [0.05, 0.1) is 7.11 Å². The smallest absolute Gasteiger partial charge is 0.408 e. The Morgan fingerprint density at radius 1 is 1.36 bits per heavy atom. The van der Waals surface area contributed by atoms with Crippen molar-refractivity contribution in [2.24, 2.45) is 0 Å². The molecule has 1 rings (SSSR count). The van der Waals surface area contributed by atoms with E-state index in [2.05, 4.69) is 21.2 Å². The summed E-state index contributed by atoms with van der Waals surface area (Å²) in [6.45, 7) is 5.22. The molecule has 122 valence electrons. The average molecular weight is 393 g/mol. The van der Waals surface area contributed by atoms with Crippen LogP contribution in [0.5, 0.6) is 0 Å². The molecule has 0 spiro atoms. The highest BCUT2D eigenvalue weighted by Gasteiger charge is 2.25. The van der Waals surface area contributed by atoms with Crippen LogP contribution in [0.15, 0.2) is 22.7 Å². The lowest BCUT2D eigenvalue weighted by molar-refractivity contribution is -0.143. The van der Waals surface area contributed by atoms with Gasteiger partial charge in [0.1, 0.15) is 11.6 Å². The minimum Gasteiger partial charge on any atom is -0.467 e. The Morgan fingerprint density at radius 2 is 2.00 bits per heavy atom. The second-order valence-electron chi connectivity index (χ2n) is 5.66. The number of ether oxygens (including phenoxy) is 2. The number of amides is 1. The molecule has 22 heavy (non-hydrogen) atoms. The zero-order valence-corrected chi connectivity index (χ0v) is 15.2. The number of rotatable bonds is 4. The fourth-order valence-electron chi connectivity index (χ4n) is 1.69. The molecule has 0 aliphatic heterocycles. The van der Waals surface area contributed by atoms with Gasteiger partial charge < -0.3 is 14.8 Å². The number of esters is 1. The maximum atomic E-state index is 11.9. The van der Waals surface area contributed by atoms with Gasteiger partial charge in [0.2, 0.25) is 0 Å². The van der Waals surface area contributed by atoms with Crippen molar-refractivity contribution in [1.29, 1.82) is 0 Å². The van der Waals surface area contributed by atoms with E-state index in [1.165, 1.54) is 7.11 Å². The largest absolute Gasteiger partial charge is 0.467 e. The van der Waals surface area contributed by atoms with E-state index in [0.717, 1.165) is 10.0 Å². The number of hydrogen-bond acceptors (Lipinski definition) is 4. The van der Waals surface area contributed by atoms with Crippen molar-refractivity contribution >= 4 is 39.6 Å². The first kappa shape index (κ1) is 18.8. The van der Waals surface area contributed by atoms with Gasteiger partial charge in [-0.25, -0.2) is 9.59 Å². The Bertz CT molecular complexity index is 557. The first-order valence-electron chi connectivity index (χ1n) is 6.63. The minimum absolute atomic E-state index is 0.206. The molecule has 0 bridgehead atoms. The van der Waals surface area contributed by atoms with Crippen LogP contribution in [0.3, 0.4) is 0 Å². The van der Waals surface area contributed by atoms with Crippen molar-refractivity contribution in [2.75, 3.05) is 7.11 Å². The summed E-state index contributed by atoms with van der Waals surface area (Å²) in [6, 6.07) is 4.43. The summed E-state index contributed by atoms with van der Waals surface area (Å²) in [5.74, 6) is -0.565. The third-order valence-corrected chi connectivity index (χ3v) is 3.46. The van der Waals surface area contributed by atoms with E-state index < -0.39 is 23.7 Å². The molecule has 5 nitrogen and oxygen atoms in total. The number of carbonyl (C=O) groups is 2. The molecular weight excluding hydrogens is 374 g/mol. The zero-order chi connectivity index (χ0) is 16.9. The highest BCUT2D eigenvalue weighted by Crippen LogP contribution is 2.22. The number of nitrogens with one attached hydrogen (secondary N) is 1. The van der Waals surface area contributed by atoms with E-state index in [4.69, 9.17) is 21.1 Å². The summed E-state index contributed by atoms with van der Waals surface area (Å²) in [5, 5.41) is 3.00. The summed E-state index contributed by atoms with van der Waals surface area (Å²) < 4.78 is 10.7. The molecular formula is C15H19BrClNO4. The van der Waals surface area contributed by atoms with Crippen LogP contribution in [0, 0.1) is 0 Å². The lowest BCUT2D eigenvalue weighted by atomic mass is 10.1. The Labute approximate surface area is 143 Å². The van der Waals surface area contributed by atoms with Crippen molar-refractivity contribution in [3.8, 4) is 0 Å². The summed E-state index contributed by atoms with van der Waals surface area (Å²) in [4.78, 5) is 23.7. The van der Waals surface area contributed by atoms with Gasteiger partial charge in [0, 0.05) is 15.9 Å². The second-order valence-corrected chi connectivity index (χ2v) is 6.98. The molecule has 0 aromatic heterocycles. The molecule has 0 radical (unpaired) electrons. The Morgan fingerprint density at radius 3 is 2.50 bits per heavy atom. The van der Waals surface area contributed by atoms with Crippen LogP contribution in [0.4, 0.5) is 4.79 Å².